The molecule has 1 fully saturated rings. The van der Waals surface area contributed by atoms with E-state index in [0.717, 1.165) is 23.9 Å². The zero-order valence-corrected chi connectivity index (χ0v) is 20.3. The van der Waals surface area contributed by atoms with E-state index in [0.29, 0.717) is 23.8 Å². The highest BCUT2D eigenvalue weighted by molar-refractivity contribution is 5.99. The second kappa shape index (κ2) is 8.98. The number of fused-ring (bicyclic) bond motifs is 2. The highest BCUT2D eigenvalue weighted by Gasteiger charge is 2.40. The van der Waals surface area contributed by atoms with Crippen molar-refractivity contribution in [1.29, 1.82) is 5.41 Å². The van der Waals surface area contributed by atoms with Crippen LogP contribution in [0.3, 0.4) is 0 Å². The van der Waals surface area contributed by atoms with Crippen molar-refractivity contribution in [2.45, 2.75) is 50.0 Å². The van der Waals surface area contributed by atoms with Gasteiger partial charge in [-0.25, -0.2) is 0 Å². The van der Waals surface area contributed by atoms with Crippen LogP contribution in [-0.2, 0) is 6.42 Å². The Morgan fingerprint density at radius 1 is 0.857 bits per heavy atom. The van der Waals surface area contributed by atoms with Crippen LogP contribution in [-0.4, -0.2) is 12.4 Å². The molecule has 0 amide bonds. The molecule has 3 heteroatoms. The first-order chi connectivity index (χ1) is 17.1. The predicted molar refractivity (Wildman–Crippen MR) is 145 cm³/mol. The van der Waals surface area contributed by atoms with Crippen LogP contribution in [0.2, 0.25) is 0 Å². The molecule has 4 atom stereocenters. The predicted octanol–water partition coefficient (Wildman–Crippen LogP) is 6.78. The standard InChI is InChI=1S/C32H33N3/c1-2-21-19-35-31(14-20-6-4-3-5-7-20)27-13-12-25(17-28(21)27)30-18-29(30)24-10-8-23-16-26(32(33)34)11-9-22(23)15-24/h3-13,15-17,21,29-31,35H,2,14,18-19H2,1H3,(H3,33,34). The van der Waals surface area contributed by atoms with Crippen molar-refractivity contribution in [2.75, 3.05) is 6.54 Å². The summed E-state index contributed by atoms with van der Waals surface area (Å²) in [4.78, 5) is 0. The van der Waals surface area contributed by atoms with Crippen LogP contribution in [0.1, 0.15) is 76.9 Å². The molecule has 35 heavy (non-hydrogen) atoms. The van der Waals surface area contributed by atoms with Crippen LogP contribution in [0.25, 0.3) is 10.8 Å². The summed E-state index contributed by atoms with van der Waals surface area (Å²) in [6.45, 7) is 3.37. The van der Waals surface area contributed by atoms with Crippen molar-refractivity contribution in [3.05, 3.63) is 118 Å². The molecule has 176 valence electrons. The van der Waals surface area contributed by atoms with E-state index < -0.39 is 0 Å². The molecule has 1 aliphatic carbocycles. The Hall–Kier alpha value is -3.43. The van der Waals surface area contributed by atoms with E-state index >= 15 is 0 Å². The Morgan fingerprint density at radius 2 is 1.57 bits per heavy atom. The van der Waals surface area contributed by atoms with E-state index in [1.807, 2.05) is 12.1 Å². The Kier molecular flexibility index (Phi) is 5.66. The van der Waals surface area contributed by atoms with Crippen molar-refractivity contribution >= 4 is 16.6 Å². The molecule has 4 unspecified atom stereocenters. The monoisotopic (exact) mass is 459 g/mol. The molecule has 1 saturated carbocycles. The maximum atomic E-state index is 7.69. The molecule has 0 radical (unpaired) electrons. The van der Waals surface area contributed by atoms with Gasteiger partial charge in [0.05, 0.1) is 0 Å². The third kappa shape index (κ3) is 4.26. The number of amidine groups is 1. The summed E-state index contributed by atoms with van der Waals surface area (Å²) in [5, 5.41) is 13.9. The van der Waals surface area contributed by atoms with Gasteiger partial charge in [-0.2, -0.15) is 0 Å². The SMILES string of the molecule is CCC1CNC(Cc2ccccc2)c2ccc(C3CC3c3ccc4cc(C(=N)N)ccc4c3)cc21. The van der Waals surface area contributed by atoms with Gasteiger partial charge in [-0.3, -0.25) is 5.41 Å². The van der Waals surface area contributed by atoms with Crippen molar-refractivity contribution in [1.82, 2.24) is 5.32 Å². The van der Waals surface area contributed by atoms with Crippen molar-refractivity contribution in [3.8, 4) is 0 Å². The van der Waals surface area contributed by atoms with Crippen molar-refractivity contribution in [2.24, 2.45) is 5.73 Å². The molecule has 1 heterocycles. The maximum absolute atomic E-state index is 7.69. The lowest BCUT2D eigenvalue weighted by molar-refractivity contribution is 0.444. The summed E-state index contributed by atoms with van der Waals surface area (Å²) in [5.41, 5.74) is 13.8. The average molecular weight is 460 g/mol. The fourth-order valence-electron chi connectivity index (χ4n) is 5.99. The third-order valence-corrected chi connectivity index (χ3v) is 8.13. The zero-order chi connectivity index (χ0) is 23.9. The van der Waals surface area contributed by atoms with Gasteiger partial charge in [-0.1, -0.05) is 85.8 Å². The van der Waals surface area contributed by atoms with E-state index in [4.69, 9.17) is 11.1 Å². The molecule has 4 aromatic carbocycles. The summed E-state index contributed by atoms with van der Waals surface area (Å²) in [7, 11) is 0. The normalized spacial score (nSPS) is 23.1. The highest BCUT2D eigenvalue weighted by Crippen LogP contribution is 2.55. The van der Waals surface area contributed by atoms with Gasteiger partial charge in [0.1, 0.15) is 5.84 Å². The Bertz CT molecular complexity index is 1390. The molecule has 4 N–H and O–H groups in total. The van der Waals surface area contributed by atoms with E-state index in [2.05, 4.69) is 85.0 Å². The fraction of sp³-hybridized carbons (Fsp3) is 0.281. The first-order valence-electron chi connectivity index (χ1n) is 12.9. The highest BCUT2D eigenvalue weighted by atomic mass is 14.9. The van der Waals surface area contributed by atoms with Gasteiger partial charge < -0.3 is 11.1 Å². The lowest BCUT2D eigenvalue weighted by Crippen LogP contribution is -2.34. The second-order valence-corrected chi connectivity index (χ2v) is 10.3. The number of benzene rings is 4. The topological polar surface area (TPSA) is 61.9 Å². The summed E-state index contributed by atoms with van der Waals surface area (Å²) < 4.78 is 0. The van der Waals surface area contributed by atoms with Crippen LogP contribution in [0.4, 0.5) is 0 Å². The Morgan fingerprint density at radius 3 is 2.34 bits per heavy atom. The minimum atomic E-state index is 0.122. The fourth-order valence-corrected chi connectivity index (χ4v) is 5.99. The van der Waals surface area contributed by atoms with Gasteiger partial charge in [0.15, 0.2) is 0 Å². The molecule has 6 rings (SSSR count). The van der Waals surface area contributed by atoms with Crippen molar-refractivity contribution in [3.63, 3.8) is 0 Å². The second-order valence-electron chi connectivity index (χ2n) is 10.3. The lowest BCUT2D eigenvalue weighted by Gasteiger charge is -2.33. The number of nitrogens with two attached hydrogens (primary N) is 1. The molecule has 1 aliphatic heterocycles. The molecule has 2 aliphatic rings. The summed E-state index contributed by atoms with van der Waals surface area (Å²) in [5.74, 6) is 1.91. The van der Waals surface area contributed by atoms with Crippen LogP contribution >= 0.6 is 0 Å². The van der Waals surface area contributed by atoms with Gasteiger partial charge in [0.2, 0.25) is 0 Å². The maximum Gasteiger partial charge on any atom is 0.122 e. The quantitative estimate of drug-likeness (QED) is 0.220. The van der Waals surface area contributed by atoms with Crippen LogP contribution < -0.4 is 11.1 Å². The van der Waals surface area contributed by atoms with Gasteiger partial charge in [0, 0.05) is 18.2 Å². The van der Waals surface area contributed by atoms with E-state index in [9.17, 15) is 0 Å². The lowest BCUT2D eigenvalue weighted by atomic mass is 9.81. The van der Waals surface area contributed by atoms with Crippen LogP contribution in [0.15, 0.2) is 84.9 Å². The van der Waals surface area contributed by atoms with Gasteiger partial charge in [-0.15, -0.1) is 0 Å². The molecule has 4 aromatic rings. The van der Waals surface area contributed by atoms with E-state index in [-0.39, 0.29) is 5.84 Å². The van der Waals surface area contributed by atoms with E-state index in [1.54, 1.807) is 5.56 Å². The number of hydrogen-bond donors (Lipinski definition) is 3. The summed E-state index contributed by atoms with van der Waals surface area (Å²) >= 11 is 0. The van der Waals surface area contributed by atoms with Crippen LogP contribution in [0, 0.1) is 5.41 Å². The van der Waals surface area contributed by atoms with Gasteiger partial charge in [-0.05, 0) is 81.7 Å². The molecule has 3 nitrogen and oxygen atoms in total. The minimum Gasteiger partial charge on any atom is -0.384 e. The molecule has 0 aromatic heterocycles. The van der Waals surface area contributed by atoms with Crippen LogP contribution in [0.5, 0.6) is 0 Å². The number of hydrogen-bond acceptors (Lipinski definition) is 2. The largest absolute Gasteiger partial charge is 0.384 e. The summed E-state index contributed by atoms with van der Waals surface area (Å²) in [6.07, 6.45) is 3.43. The number of rotatable bonds is 6. The number of nitrogens with one attached hydrogen (secondary N) is 2. The third-order valence-electron chi connectivity index (χ3n) is 8.13. The Balaban J connectivity index is 1.25. The smallest absolute Gasteiger partial charge is 0.122 e. The Labute approximate surface area is 207 Å². The zero-order valence-electron chi connectivity index (χ0n) is 20.3. The van der Waals surface area contributed by atoms with Gasteiger partial charge in [0.25, 0.3) is 0 Å². The molecular weight excluding hydrogens is 426 g/mol. The number of nitrogen functional groups attached to an aromatic ring is 1. The van der Waals surface area contributed by atoms with E-state index in [1.165, 1.54) is 40.5 Å². The average Bonchev–Trinajstić information content (AvgIpc) is 3.70. The molecule has 0 saturated heterocycles. The summed E-state index contributed by atoms with van der Waals surface area (Å²) in [6, 6.07) is 31.4. The van der Waals surface area contributed by atoms with Crippen molar-refractivity contribution < 1.29 is 0 Å². The first kappa shape index (κ1) is 22.1. The molecular formula is C32H33N3. The first-order valence-corrected chi connectivity index (χ1v) is 12.9. The van der Waals surface area contributed by atoms with Gasteiger partial charge >= 0.3 is 0 Å². The minimum absolute atomic E-state index is 0.122. The molecule has 0 spiro atoms. The molecule has 0 bridgehead atoms.